The second-order valence-electron chi connectivity index (χ2n) is 4.03. The molecule has 0 heterocycles. The summed E-state index contributed by atoms with van der Waals surface area (Å²) in [4.78, 5) is 11.3. The van der Waals surface area contributed by atoms with Crippen LogP contribution in [0.2, 0.25) is 0 Å². The third kappa shape index (κ3) is 3.94. The standard InChI is InChI=1S/C14H20N2O/c1-3-5-9-13(14(15)17)16-12-10-7-6-8-11(12)4-2/h4,6-8,10,13,16H,2-3,5,9H2,1H3,(H2,15,17). The summed E-state index contributed by atoms with van der Waals surface area (Å²) in [6, 6.07) is 7.43. The number of amides is 1. The molecule has 0 saturated carbocycles. The van der Waals surface area contributed by atoms with E-state index in [2.05, 4.69) is 18.8 Å². The fraction of sp³-hybridized carbons (Fsp3) is 0.357. The SMILES string of the molecule is C=Cc1ccccc1NC(CCCC)C(N)=O. The van der Waals surface area contributed by atoms with Crippen LogP contribution in [-0.4, -0.2) is 11.9 Å². The van der Waals surface area contributed by atoms with Crippen LogP contribution in [0.1, 0.15) is 31.7 Å². The van der Waals surface area contributed by atoms with Gasteiger partial charge in [-0.3, -0.25) is 4.79 Å². The minimum Gasteiger partial charge on any atom is -0.373 e. The van der Waals surface area contributed by atoms with Gasteiger partial charge in [-0.25, -0.2) is 0 Å². The van der Waals surface area contributed by atoms with E-state index in [1.165, 1.54) is 0 Å². The van der Waals surface area contributed by atoms with Gasteiger partial charge in [-0.2, -0.15) is 0 Å². The van der Waals surface area contributed by atoms with E-state index >= 15 is 0 Å². The van der Waals surface area contributed by atoms with Crippen molar-refractivity contribution in [2.24, 2.45) is 5.73 Å². The highest BCUT2D eigenvalue weighted by Gasteiger charge is 2.14. The Morgan fingerprint density at radius 1 is 1.53 bits per heavy atom. The first-order valence-electron chi connectivity index (χ1n) is 5.96. The number of nitrogens with one attached hydrogen (secondary N) is 1. The monoisotopic (exact) mass is 232 g/mol. The van der Waals surface area contributed by atoms with Crippen LogP contribution in [-0.2, 0) is 4.79 Å². The van der Waals surface area contributed by atoms with Gasteiger partial charge in [-0.05, 0) is 18.1 Å². The number of rotatable bonds is 7. The van der Waals surface area contributed by atoms with Gasteiger partial charge in [0.2, 0.25) is 5.91 Å². The van der Waals surface area contributed by atoms with E-state index in [0.29, 0.717) is 0 Å². The van der Waals surface area contributed by atoms with E-state index in [9.17, 15) is 4.79 Å². The van der Waals surface area contributed by atoms with Crippen LogP contribution < -0.4 is 11.1 Å². The lowest BCUT2D eigenvalue weighted by molar-refractivity contribution is -0.118. The molecule has 17 heavy (non-hydrogen) atoms. The molecule has 0 aliphatic carbocycles. The van der Waals surface area contributed by atoms with Crippen molar-refractivity contribution in [1.29, 1.82) is 0 Å². The molecule has 1 amide bonds. The molecule has 1 aromatic rings. The summed E-state index contributed by atoms with van der Waals surface area (Å²) in [7, 11) is 0. The Kier molecular flexibility index (Phi) is 5.27. The zero-order chi connectivity index (χ0) is 12.7. The van der Waals surface area contributed by atoms with Crippen molar-refractivity contribution < 1.29 is 4.79 Å². The Bertz CT molecular complexity index is 388. The number of primary amides is 1. The van der Waals surface area contributed by atoms with Crippen LogP contribution in [0.5, 0.6) is 0 Å². The molecule has 0 fully saturated rings. The lowest BCUT2D eigenvalue weighted by Gasteiger charge is -2.17. The molecule has 1 aromatic carbocycles. The van der Waals surface area contributed by atoms with Gasteiger partial charge in [0, 0.05) is 5.69 Å². The van der Waals surface area contributed by atoms with Crippen molar-refractivity contribution in [3.05, 3.63) is 36.4 Å². The molecule has 92 valence electrons. The van der Waals surface area contributed by atoms with Crippen LogP contribution in [0, 0.1) is 0 Å². The predicted molar refractivity (Wildman–Crippen MR) is 72.7 cm³/mol. The molecule has 1 unspecified atom stereocenters. The number of benzene rings is 1. The van der Waals surface area contributed by atoms with Crippen LogP contribution in [0.25, 0.3) is 6.08 Å². The molecule has 0 bridgehead atoms. The lowest BCUT2D eigenvalue weighted by atomic mass is 10.1. The van der Waals surface area contributed by atoms with E-state index in [1.54, 1.807) is 6.08 Å². The number of hydrogen-bond acceptors (Lipinski definition) is 2. The van der Waals surface area contributed by atoms with E-state index in [0.717, 1.165) is 30.5 Å². The topological polar surface area (TPSA) is 55.1 Å². The van der Waals surface area contributed by atoms with Gasteiger partial charge in [-0.1, -0.05) is 50.6 Å². The van der Waals surface area contributed by atoms with Crippen molar-refractivity contribution in [2.45, 2.75) is 32.2 Å². The molecule has 0 aromatic heterocycles. The quantitative estimate of drug-likeness (QED) is 0.759. The average Bonchev–Trinajstić information content (AvgIpc) is 2.34. The van der Waals surface area contributed by atoms with E-state index < -0.39 is 0 Å². The smallest absolute Gasteiger partial charge is 0.239 e. The summed E-state index contributed by atoms with van der Waals surface area (Å²) >= 11 is 0. The van der Waals surface area contributed by atoms with Crippen LogP contribution in [0.15, 0.2) is 30.8 Å². The summed E-state index contributed by atoms with van der Waals surface area (Å²) in [5.41, 5.74) is 7.28. The van der Waals surface area contributed by atoms with Crippen LogP contribution >= 0.6 is 0 Å². The molecule has 0 aliphatic rings. The maximum atomic E-state index is 11.3. The van der Waals surface area contributed by atoms with Gasteiger partial charge in [0.15, 0.2) is 0 Å². The summed E-state index contributed by atoms with van der Waals surface area (Å²) in [5.74, 6) is -0.308. The molecule has 0 aliphatic heterocycles. The highest BCUT2D eigenvalue weighted by molar-refractivity contribution is 5.83. The van der Waals surface area contributed by atoms with Gasteiger partial charge in [0.1, 0.15) is 6.04 Å². The summed E-state index contributed by atoms with van der Waals surface area (Å²) in [6.07, 6.45) is 4.56. The Morgan fingerprint density at radius 2 is 2.24 bits per heavy atom. The summed E-state index contributed by atoms with van der Waals surface area (Å²) in [5, 5.41) is 3.19. The van der Waals surface area contributed by atoms with Crippen molar-refractivity contribution in [3.63, 3.8) is 0 Å². The maximum absolute atomic E-state index is 11.3. The van der Waals surface area contributed by atoms with Gasteiger partial charge in [0.05, 0.1) is 0 Å². The van der Waals surface area contributed by atoms with Gasteiger partial charge in [0.25, 0.3) is 0 Å². The van der Waals surface area contributed by atoms with Crippen LogP contribution in [0.4, 0.5) is 5.69 Å². The Morgan fingerprint density at radius 3 is 2.82 bits per heavy atom. The van der Waals surface area contributed by atoms with E-state index in [4.69, 9.17) is 5.73 Å². The first kappa shape index (κ1) is 13.3. The Hall–Kier alpha value is -1.77. The number of carbonyl (C=O) groups excluding carboxylic acids is 1. The lowest BCUT2D eigenvalue weighted by Crippen LogP contribution is -2.35. The first-order valence-corrected chi connectivity index (χ1v) is 5.96. The minimum absolute atomic E-state index is 0.308. The number of carbonyl (C=O) groups is 1. The molecular formula is C14H20N2O. The number of anilines is 1. The molecule has 1 rings (SSSR count). The third-order valence-corrected chi connectivity index (χ3v) is 2.70. The Labute approximate surface area is 103 Å². The molecule has 0 radical (unpaired) electrons. The second kappa shape index (κ2) is 6.74. The van der Waals surface area contributed by atoms with E-state index in [-0.39, 0.29) is 11.9 Å². The van der Waals surface area contributed by atoms with Gasteiger partial charge < -0.3 is 11.1 Å². The Balaban J connectivity index is 2.78. The van der Waals surface area contributed by atoms with Gasteiger partial charge >= 0.3 is 0 Å². The first-order chi connectivity index (χ1) is 8.19. The highest BCUT2D eigenvalue weighted by atomic mass is 16.1. The number of unbranched alkanes of at least 4 members (excludes halogenated alkanes) is 1. The van der Waals surface area contributed by atoms with Crippen molar-refractivity contribution in [3.8, 4) is 0 Å². The van der Waals surface area contributed by atoms with E-state index in [1.807, 2.05) is 24.3 Å². The largest absolute Gasteiger partial charge is 0.373 e. The number of hydrogen-bond donors (Lipinski definition) is 2. The third-order valence-electron chi connectivity index (χ3n) is 2.70. The van der Waals surface area contributed by atoms with Crippen molar-refractivity contribution >= 4 is 17.7 Å². The fourth-order valence-electron chi connectivity index (χ4n) is 1.69. The molecule has 3 heteroatoms. The van der Waals surface area contributed by atoms with Crippen LogP contribution in [0.3, 0.4) is 0 Å². The second-order valence-corrected chi connectivity index (χ2v) is 4.03. The zero-order valence-electron chi connectivity index (χ0n) is 10.3. The number of nitrogens with two attached hydrogens (primary N) is 1. The average molecular weight is 232 g/mol. The summed E-state index contributed by atoms with van der Waals surface area (Å²) in [6.45, 7) is 5.84. The highest BCUT2D eigenvalue weighted by Crippen LogP contribution is 2.18. The fourth-order valence-corrected chi connectivity index (χ4v) is 1.69. The minimum atomic E-state index is -0.309. The molecule has 0 spiro atoms. The maximum Gasteiger partial charge on any atom is 0.239 e. The molecule has 0 saturated heterocycles. The zero-order valence-corrected chi connectivity index (χ0v) is 10.3. The normalized spacial score (nSPS) is 11.8. The summed E-state index contributed by atoms with van der Waals surface area (Å²) < 4.78 is 0. The predicted octanol–water partition coefficient (Wildman–Crippen LogP) is 2.79. The van der Waals surface area contributed by atoms with Crippen molar-refractivity contribution in [2.75, 3.05) is 5.32 Å². The molecular weight excluding hydrogens is 212 g/mol. The number of para-hydroxylation sites is 1. The van der Waals surface area contributed by atoms with Gasteiger partial charge in [-0.15, -0.1) is 0 Å². The molecule has 3 N–H and O–H groups in total. The molecule has 3 nitrogen and oxygen atoms in total. The molecule has 1 atom stereocenters. The van der Waals surface area contributed by atoms with Crippen molar-refractivity contribution in [1.82, 2.24) is 0 Å².